The lowest BCUT2D eigenvalue weighted by molar-refractivity contribution is -0.143. The predicted octanol–water partition coefficient (Wildman–Crippen LogP) is -2.06. The zero-order valence-corrected chi connectivity index (χ0v) is 45.9. The summed E-state index contributed by atoms with van der Waals surface area (Å²) in [6, 6.07) is -4.31. The Labute approximate surface area is 453 Å². The van der Waals surface area contributed by atoms with Crippen molar-refractivity contribution in [3.63, 3.8) is 0 Å². The zero-order chi connectivity index (χ0) is 58.7. The first-order valence-electron chi connectivity index (χ1n) is 25.5. The Morgan fingerprint density at radius 1 is 0.662 bits per heavy atom. The van der Waals surface area contributed by atoms with E-state index in [0.29, 0.717) is 30.6 Å². The van der Waals surface area contributed by atoms with Gasteiger partial charge >= 0.3 is 11.9 Å². The molecule has 77 heavy (non-hydrogen) atoms. The van der Waals surface area contributed by atoms with E-state index in [1.807, 2.05) is 13.8 Å². The molecule has 0 aromatic heterocycles. The van der Waals surface area contributed by atoms with Gasteiger partial charge in [0, 0.05) is 19.9 Å². The second-order valence-electron chi connectivity index (χ2n) is 19.6. The Hall–Kier alpha value is -6.42. The Balaban J connectivity index is 0.00000714. The van der Waals surface area contributed by atoms with Crippen LogP contribution < -0.4 is 48.7 Å². The summed E-state index contributed by atoms with van der Waals surface area (Å²) < 4.78 is 0. The van der Waals surface area contributed by atoms with E-state index in [0.717, 1.165) is 20.8 Å². The number of hydrogen-bond donors (Lipinski definition) is 14. The molecule has 0 radical (unpaired) electrons. The number of nitrogens with two attached hydrogens (primary N) is 2. The van der Waals surface area contributed by atoms with Crippen molar-refractivity contribution in [3.8, 4) is 0 Å². The van der Waals surface area contributed by atoms with E-state index >= 15 is 0 Å². The van der Waals surface area contributed by atoms with Crippen LogP contribution in [0.1, 0.15) is 105 Å². The van der Waals surface area contributed by atoms with E-state index in [9.17, 15) is 68.4 Å². The number of nitrogens with zero attached hydrogens (tertiary/aromatic N) is 1. The molecule has 0 saturated carbocycles. The van der Waals surface area contributed by atoms with Gasteiger partial charge < -0.3 is 79.1 Å². The fraction of sp³-hybridized carbons (Fsp3) is 0.660. The molecule has 434 valence electrons. The van der Waals surface area contributed by atoms with Gasteiger partial charge in [-0.05, 0) is 94.7 Å². The zero-order valence-electron chi connectivity index (χ0n) is 45.1. The summed E-state index contributed by atoms with van der Waals surface area (Å²) in [5.41, 5.74) is 12.5. The van der Waals surface area contributed by atoms with Crippen LogP contribution in [-0.4, -0.2) is 187 Å². The van der Waals surface area contributed by atoms with Crippen LogP contribution >= 0.6 is 11.8 Å². The molecule has 0 bridgehead atoms. The fourth-order valence-electron chi connectivity index (χ4n) is 7.98. The molecule has 1 aromatic carbocycles. The van der Waals surface area contributed by atoms with Crippen LogP contribution in [0.4, 0.5) is 0 Å². The van der Waals surface area contributed by atoms with Crippen LogP contribution in [0.25, 0.3) is 0 Å². The first-order valence-corrected chi connectivity index (χ1v) is 26.9. The molecule has 8 amide bonds. The molecule has 0 spiro atoms. The highest BCUT2D eigenvalue weighted by molar-refractivity contribution is 7.98. The molecule has 1 fully saturated rings. The number of amides is 8. The van der Waals surface area contributed by atoms with E-state index < -0.39 is 144 Å². The molecule has 27 heteroatoms. The van der Waals surface area contributed by atoms with Crippen molar-refractivity contribution in [2.75, 3.05) is 25.1 Å². The molecule has 0 aliphatic carbocycles. The molecular formula is C50H82N10O16S. The summed E-state index contributed by atoms with van der Waals surface area (Å²) in [5, 5.41) is 65.2. The third-order valence-electron chi connectivity index (χ3n) is 12.0. The summed E-state index contributed by atoms with van der Waals surface area (Å²) in [6.07, 6.45) is -0.963. The van der Waals surface area contributed by atoms with Gasteiger partial charge in [0.15, 0.2) is 0 Å². The molecule has 1 saturated heterocycles. The monoisotopic (exact) mass is 1110 g/mol. The molecule has 16 N–H and O–H groups in total. The second-order valence-corrected chi connectivity index (χ2v) is 20.6. The van der Waals surface area contributed by atoms with Gasteiger partial charge in [-0.3, -0.25) is 47.9 Å². The Morgan fingerprint density at radius 3 is 1.65 bits per heavy atom. The number of carboxylic acids is 3. The lowest BCUT2D eigenvalue weighted by Crippen LogP contribution is -2.63. The maximum atomic E-state index is 14.1. The largest absolute Gasteiger partial charge is 0.481 e. The average Bonchev–Trinajstić information content (AvgIpc) is 3.84. The number of aliphatic hydroxyl groups is 2. The minimum atomic E-state index is -1.85. The third-order valence-corrected chi connectivity index (χ3v) is 12.6. The number of likely N-dealkylation sites (tertiary alicyclic amines) is 1. The number of hydrogen-bond acceptors (Lipinski definition) is 16. The van der Waals surface area contributed by atoms with Gasteiger partial charge in [-0.2, -0.15) is 11.8 Å². The summed E-state index contributed by atoms with van der Waals surface area (Å²) in [7, 11) is 0. The summed E-state index contributed by atoms with van der Waals surface area (Å²) in [5.74, 6) is -11.1. The lowest BCUT2D eigenvalue weighted by Gasteiger charge is -2.30. The summed E-state index contributed by atoms with van der Waals surface area (Å²) in [4.78, 5) is 144. The highest BCUT2D eigenvalue weighted by Crippen LogP contribution is 2.21. The number of aliphatic hydroxyl groups excluding tert-OH is 2. The van der Waals surface area contributed by atoms with E-state index in [2.05, 4.69) is 37.2 Å². The minimum Gasteiger partial charge on any atom is -0.481 e. The molecule has 0 unspecified atom stereocenters. The Bertz CT molecular complexity index is 2130. The number of rotatable bonds is 32. The van der Waals surface area contributed by atoms with Crippen molar-refractivity contribution >= 4 is 76.9 Å². The maximum Gasteiger partial charge on any atom is 0.326 e. The molecule has 2 rings (SSSR count). The Kier molecular flexibility index (Phi) is 31.3. The van der Waals surface area contributed by atoms with Crippen molar-refractivity contribution in [1.29, 1.82) is 0 Å². The van der Waals surface area contributed by atoms with Crippen molar-refractivity contribution in [3.05, 3.63) is 35.9 Å². The second kappa shape index (κ2) is 35.1. The fourth-order valence-corrected chi connectivity index (χ4v) is 8.45. The van der Waals surface area contributed by atoms with E-state index in [1.54, 1.807) is 50.4 Å². The number of carbonyl (C=O) groups is 11. The van der Waals surface area contributed by atoms with Crippen LogP contribution in [0.5, 0.6) is 0 Å². The van der Waals surface area contributed by atoms with Crippen LogP contribution in [-0.2, 0) is 59.2 Å². The first-order chi connectivity index (χ1) is 36.1. The van der Waals surface area contributed by atoms with Crippen molar-refractivity contribution < 1.29 is 78.3 Å². The maximum absolute atomic E-state index is 14.1. The number of nitrogens with one attached hydrogen (secondary N) is 7. The van der Waals surface area contributed by atoms with Crippen molar-refractivity contribution in [2.24, 2.45) is 23.3 Å². The topological polar surface area (TPSA) is 428 Å². The molecule has 1 aliphatic rings. The van der Waals surface area contributed by atoms with Gasteiger partial charge in [0.25, 0.3) is 5.97 Å². The lowest BCUT2D eigenvalue weighted by atomic mass is 10.0. The molecule has 26 nitrogen and oxygen atoms in total. The average molecular weight is 1110 g/mol. The number of carbonyl (C=O) groups excluding carboxylic acids is 8. The highest BCUT2D eigenvalue weighted by Gasteiger charge is 2.40. The normalized spacial score (nSPS) is 17.0. The van der Waals surface area contributed by atoms with E-state index in [1.165, 1.54) is 16.7 Å². The van der Waals surface area contributed by atoms with Crippen LogP contribution in [0, 0.1) is 11.8 Å². The van der Waals surface area contributed by atoms with Gasteiger partial charge in [0.05, 0.1) is 24.7 Å². The van der Waals surface area contributed by atoms with E-state index in [-0.39, 0.29) is 51.1 Å². The minimum absolute atomic E-state index is 0.0914. The molecule has 1 aromatic rings. The molecule has 1 heterocycles. The third kappa shape index (κ3) is 25.1. The van der Waals surface area contributed by atoms with Gasteiger partial charge in [-0.25, -0.2) is 4.79 Å². The first kappa shape index (κ1) is 68.6. The van der Waals surface area contributed by atoms with Crippen molar-refractivity contribution in [2.45, 2.75) is 173 Å². The van der Waals surface area contributed by atoms with E-state index in [4.69, 9.17) is 21.4 Å². The number of thioether (sulfide) groups is 1. The van der Waals surface area contributed by atoms with Crippen LogP contribution in [0.2, 0.25) is 0 Å². The molecular weight excluding hydrogens is 1030 g/mol. The predicted molar refractivity (Wildman–Crippen MR) is 283 cm³/mol. The number of unbranched alkanes of at least 4 members (excludes halogenated alkanes) is 1. The SMILES string of the molecule is CC(=O)O.CSCC[C@H](NC(=O)[C@@H](NC(=O)[C@@H](NC(=O)[C@@H](NC(=O)[C@H](CCCCN)NC(=O)[C@H](CC(=O)O)NC(=O)[C@H](Cc1ccccc1)NC(=O)[C@@H]1CCCN1C(=O)[C@@H](N)CC(C)C)[C@@H](C)O)[C@@H](C)O)C(C)C)C(=O)O. The van der Waals surface area contributed by atoms with Crippen molar-refractivity contribution in [1.82, 2.24) is 42.1 Å². The smallest absolute Gasteiger partial charge is 0.326 e. The highest BCUT2D eigenvalue weighted by atomic mass is 32.2. The van der Waals surface area contributed by atoms with Crippen LogP contribution in [0.3, 0.4) is 0 Å². The molecule has 11 atom stereocenters. The van der Waals surface area contributed by atoms with Gasteiger partial charge in [-0.15, -0.1) is 0 Å². The Morgan fingerprint density at radius 2 is 1.16 bits per heavy atom. The summed E-state index contributed by atoms with van der Waals surface area (Å²) in [6.45, 7) is 10.8. The number of aliphatic carboxylic acids is 3. The standard InChI is InChI=1S/C48H78N10O14S.C2H4O2/c1-25(2)22-30(50)47(70)58-20-13-17-35(58)43(66)54-33(23-29-14-9-8-10-15-29)41(64)53-34(24-36(61)62)42(65)51-31(16-11-12-19-49)40(63)56-38(27(5)59)46(69)57-39(28(6)60)45(68)55-37(26(3)4)44(67)52-32(48(71)72)18-21-73-7;1-2(3)4/h8-10,14-15,25-28,30-35,37-39,59-60H,11-13,16-24,49-50H2,1-7H3,(H,51,65)(H,52,67)(H,53,64)(H,54,66)(H,55,68)(H,56,63)(H,57,69)(H,61,62)(H,71,72);1H3,(H,3,4)/t27-,28-,30+,31+,32+,33+,34+,35+,37+,38+,39+;/m1./s1. The van der Waals surface area contributed by atoms with Gasteiger partial charge in [0.2, 0.25) is 47.3 Å². The van der Waals surface area contributed by atoms with Crippen LogP contribution in [0.15, 0.2) is 30.3 Å². The number of benzene rings is 1. The molecule has 1 aliphatic heterocycles. The van der Waals surface area contributed by atoms with Gasteiger partial charge in [0.1, 0.15) is 48.3 Å². The number of carboxylic acid groups (broad SMARTS) is 3. The summed E-state index contributed by atoms with van der Waals surface area (Å²) >= 11 is 1.37. The van der Waals surface area contributed by atoms with Gasteiger partial charge in [-0.1, -0.05) is 58.0 Å². The quantitative estimate of drug-likeness (QED) is 0.0345.